The zero-order valence-corrected chi connectivity index (χ0v) is 13.6. The van der Waals surface area contributed by atoms with Crippen LogP contribution in [0.4, 0.5) is 14.5 Å². The van der Waals surface area contributed by atoms with E-state index in [2.05, 4.69) is 0 Å². The molecule has 1 aromatic carbocycles. The molecule has 0 aromatic heterocycles. The number of nitro benzene ring substituents is 1. The Labute approximate surface area is 136 Å². The van der Waals surface area contributed by atoms with Crippen LogP contribution < -0.4 is 10.5 Å². The lowest BCUT2D eigenvalue weighted by atomic mass is 10.2. The second-order valence-corrected chi connectivity index (χ2v) is 6.37. The first kappa shape index (κ1) is 20.9. The van der Waals surface area contributed by atoms with E-state index in [1.54, 1.807) is 4.72 Å². The average Bonchev–Trinajstić information content (AvgIpc) is 2.39. The first-order valence-corrected chi connectivity index (χ1v) is 7.38. The number of hydrogen-bond acceptors (Lipinski definition) is 5. The molecule has 0 unspecified atom stereocenters. The van der Waals surface area contributed by atoms with Crippen molar-refractivity contribution in [2.24, 2.45) is 5.73 Å². The molecule has 0 saturated carbocycles. The van der Waals surface area contributed by atoms with Crippen molar-refractivity contribution in [1.29, 1.82) is 0 Å². The van der Waals surface area contributed by atoms with Crippen LogP contribution in [0.25, 0.3) is 0 Å². The third-order valence-electron chi connectivity index (χ3n) is 2.62. The molecule has 1 rings (SSSR count). The van der Waals surface area contributed by atoms with Crippen molar-refractivity contribution in [3.05, 3.63) is 32.8 Å². The summed E-state index contributed by atoms with van der Waals surface area (Å²) < 4.78 is 51.3. The van der Waals surface area contributed by atoms with Crippen LogP contribution >= 0.6 is 24.0 Å². The topological polar surface area (TPSA) is 115 Å². The molecule has 3 N–H and O–H groups in total. The molecule has 0 heterocycles. The van der Waals surface area contributed by atoms with E-state index in [4.69, 9.17) is 17.3 Å². The molecule has 0 saturated heterocycles. The molecule has 22 heavy (non-hydrogen) atoms. The minimum atomic E-state index is -4.37. The van der Waals surface area contributed by atoms with Gasteiger partial charge in [-0.05, 0) is 13.0 Å². The number of alkyl halides is 2. The summed E-state index contributed by atoms with van der Waals surface area (Å²) in [6, 6.07) is 1.71. The highest BCUT2D eigenvalue weighted by Crippen LogP contribution is 2.29. The minimum Gasteiger partial charge on any atom is -0.325 e. The highest BCUT2D eigenvalue weighted by Gasteiger charge is 2.30. The van der Waals surface area contributed by atoms with Gasteiger partial charge in [0.2, 0.25) is 10.0 Å². The lowest BCUT2D eigenvalue weighted by Crippen LogP contribution is -2.41. The molecular formula is C10H13Cl2F2N3O4S. The third-order valence-corrected chi connectivity index (χ3v) is 4.39. The van der Waals surface area contributed by atoms with Crippen LogP contribution in [0.5, 0.6) is 0 Å². The first-order chi connectivity index (χ1) is 9.50. The van der Waals surface area contributed by atoms with E-state index in [0.717, 1.165) is 12.1 Å². The van der Waals surface area contributed by atoms with Crippen molar-refractivity contribution in [3.8, 4) is 0 Å². The summed E-state index contributed by atoms with van der Waals surface area (Å²) in [4.78, 5) is 9.43. The Morgan fingerprint density at radius 1 is 1.45 bits per heavy atom. The molecule has 1 aromatic rings. The number of hydrogen-bond donors (Lipinski definition) is 2. The maximum atomic E-state index is 13.0. The van der Waals surface area contributed by atoms with Gasteiger partial charge in [-0.1, -0.05) is 11.6 Å². The van der Waals surface area contributed by atoms with Gasteiger partial charge >= 0.3 is 0 Å². The number of nitrogens with one attached hydrogen (secondary N) is 1. The molecule has 0 spiro atoms. The van der Waals surface area contributed by atoms with Crippen LogP contribution in [0.3, 0.4) is 0 Å². The van der Waals surface area contributed by atoms with E-state index >= 15 is 0 Å². The Hall–Kier alpha value is -1.07. The van der Waals surface area contributed by atoms with Crippen LogP contribution in [0.15, 0.2) is 17.0 Å². The van der Waals surface area contributed by atoms with Gasteiger partial charge in [0.05, 0.1) is 27.9 Å². The van der Waals surface area contributed by atoms with Gasteiger partial charge in [-0.15, -0.1) is 12.4 Å². The van der Waals surface area contributed by atoms with Crippen molar-refractivity contribution < 1.29 is 22.1 Å². The third kappa shape index (κ3) is 4.99. The van der Waals surface area contributed by atoms with Crippen molar-refractivity contribution in [2.45, 2.75) is 17.7 Å². The predicted molar refractivity (Wildman–Crippen MR) is 79.3 cm³/mol. The number of benzene rings is 1. The molecule has 12 heteroatoms. The maximum absolute atomic E-state index is 13.0. The maximum Gasteiger partial charge on any atom is 0.275 e. The van der Waals surface area contributed by atoms with Crippen molar-refractivity contribution in [2.75, 3.05) is 13.1 Å². The van der Waals surface area contributed by atoms with E-state index in [-0.39, 0.29) is 23.0 Å². The summed E-state index contributed by atoms with van der Waals surface area (Å²) >= 11 is 5.72. The Morgan fingerprint density at radius 2 is 2.00 bits per heavy atom. The van der Waals surface area contributed by atoms with Gasteiger partial charge in [-0.3, -0.25) is 10.1 Å². The molecule has 0 radical (unpaired) electrons. The quantitative estimate of drug-likeness (QED) is 0.577. The van der Waals surface area contributed by atoms with E-state index in [1.807, 2.05) is 0 Å². The summed E-state index contributed by atoms with van der Waals surface area (Å²) in [5, 5.41) is 10.7. The molecule has 0 aliphatic carbocycles. The summed E-state index contributed by atoms with van der Waals surface area (Å²) in [7, 11) is -4.37. The van der Waals surface area contributed by atoms with Crippen LogP contribution in [-0.2, 0) is 10.0 Å². The molecule has 0 amide bonds. The standard InChI is InChI=1S/C10H12ClF2N3O4S.ClH/c1-6-8(11)2-7(3-9(6)16(17)18)21(19,20)15-5-10(12,13)4-14;/h2-3,15H,4-5,14H2,1H3;1H. The molecule has 126 valence electrons. The largest absolute Gasteiger partial charge is 0.325 e. The molecule has 0 aliphatic rings. The molecule has 0 fully saturated rings. The highest BCUT2D eigenvalue weighted by molar-refractivity contribution is 7.89. The highest BCUT2D eigenvalue weighted by atomic mass is 35.5. The zero-order chi connectivity index (χ0) is 16.4. The van der Waals surface area contributed by atoms with Gasteiger partial charge in [0.1, 0.15) is 0 Å². The van der Waals surface area contributed by atoms with Crippen molar-refractivity contribution >= 4 is 39.7 Å². The number of sulfonamides is 1. The number of rotatable bonds is 6. The fourth-order valence-electron chi connectivity index (χ4n) is 1.34. The minimum absolute atomic E-state index is 0. The molecule has 7 nitrogen and oxygen atoms in total. The Bertz CT molecular complexity index is 670. The van der Waals surface area contributed by atoms with Gasteiger partial charge < -0.3 is 5.73 Å². The van der Waals surface area contributed by atoms with E-state index < -0.39 is 44.5 Å². The van der Waals surface area contributed by atoms with E-state index in [0.29, 0.717) is 0 Å². The van der Waals surface area contributed by atoms with Gasteiger partial charge in [0, 0.05) is 11.6 Å². The summed E-state index contributed by atoms with van der Waals surface area (Å²) in [6.45, 7) is -0.914. The second-order valence-electron chi connectivity index (χ2n) is 4.19. The fourth-order valence-corrected chi connectivity index (χ4v) is 2.73. The number of nitrogens with two attached hydrogens (primary N) is 1. The SMILES string of the molecule is Cc1c(Cl)cc(S(=O)(=O)NCC(F)(F)CN)cc1[N+](=O)[O-].Cl. The number of nitro groups is 1. The number of nitrogens with zero attached hydrogens (tertiary/aromatic N) is 1. The normalized spacial score (nSPS) is 11.9. The summed E-state index contributed by atoms with van der Waals surface area (Å²) in [6.07, 6.45) is 0. The average molecular weight is 380 g/mol. The van der Waals surface area contributed by atoms with Crippen LogP contribution in [0.1, 0.15) is 5.56 Å². The van der Waals surface area contributed by atoms with Gasteiger partial charge in [0.15, 0.2) is 0 Å². The fraction of sp³-hybridized carbons (Fsp3) is 0.400. The van der Waals surface area contributed by atoms with Gasteiger partial charge in [0.25, 0.3) is 11.6 Å². The Morgan fingerprint density at radius 3 is 2.45 bits per heavy atom. The van der Waals surface area contributed by atoms with Crippen molar-refractivity contribution in [3.63, 3.8) is 0 Å². The van der Waals surface area contributed by atoms with E-state index in [9.17, 15) is 27.3 Å². The van der Waals surface area contributed by atoms with Crippen molar-refractivity contribution in [1.82, 2.24) is 4.72 Å². The summed E-state index contributed by atoms with van der Waals surface area (Å²) in [5.41, 5.74) is 4.34. The van der Waals surface area contributed by atoms with Crippen LogP contribution in [-0.4, -0.2) is 32.4 Å². The Balaban J connectivity index is 0.00000441. The zero-order valence-electron chi connectivity index (χ0n) is 11.2. The molecule has 0 atom stereocenters. The smallest absolute Gasteiger partial charge is 0.275 e. The lowest BCUT2D eigenvalue weighted by Gasteiger charge is -2.15. The second kappa shape index (κ2) is 7.47. The molecular weight excluding hydrogens is 367 g/mol. The Kier molecular flexibility index (Phi) is 7.10. The van der Waals surface area contributed by atoms with Gasteiger partial charge in [-0.2, -0.15) is 0 Å². The van der Waals surface area contributed by atoms with Crippen LogP contribution in [0, 0.1) is 17.0 Å². The number of halogens is 4. The van der Waals surface area contributed by atoms with Gasteiger partial charge in [-0.25, -0.2) is 21.9 Å². The summed E-state index contributed by atoms with van der Waals surface area (Å²) in [5.74, 6) is -3.42. The molecule has 0 bridgehead atoms. The predicted octanol–water partition coefficient (Wildman–Crippen LogP) is 1.85. The lowest BCUT2D eigenvalue weighted by molar-refractivity contribution is -0.385. The van der Waals surface area contributed by atoms with Crippen LogP contribution in [0.2, 0.25) is 5.02 Å². The monoisotopic (exact) mass is 379 g/mol. The molecule has 0 aliphatic heterocycles. The first-order valence-electron chi connectivity index (χ1n) is 5.52. The van der Waals surface area contributed by atoms with E-state index in [1.165, 1.54) is 6.92 Å².